The fourth-order valence-electron chi connectivity index (χ4n) is 2.15. The van der Waals surface area contributed by atoms with E-state index in [1.54, 1.807) is 12.1 Å². The van der Waals surface area contributed by atoms with Gasteiger partial charge in [-0.25, -0.2) is 0 Å². The first-order chi connectivity index (χ1) is 10.7. The third-order valence-electron chi connectivity index (χ3n) is 3.17. The van der Waals surface area contributed by atoms with Crippen LogP contribution in [0.1, 0.15) is 29.3 Å². The molecule has 22 heavy (non-hydrogen) atoms. The highest BCUT2D eigenvalue weighted by Crippen LogP contribution is 2.36. The zero-order valence-electron chi connectivity index (χ0n) is 12.5. The van der Waals surface area contributed by atoms with Gasteiger partial charge in [0.15, 0.2) is 11.5 Å². The van der Waals surface area contributed by atoms with Gasteiger partial charge in [-0.3, -0.25) is 4.79 Å². The second kappa shape index (κ2) is 8.59. The Labute approximate surface area is 139 Å². The predicted octanol–water partition coefficient (Wildman–Crippen LogP) is 4.67. The first kappa shape index (κ1) is 16.6. The lowest BCUT2D eigenvalue weighted by atomic mass is 10.1. The van der Waals surface area contributed by atoms with Crippen molar-refractivity contribution in [3.05, 3.63) is 58.1 Å². The van der Waals surface area contributed by atoms with Gasteiger partial charge in [0.2, 0.25) is 0 Å². The van der Waals surface area contributed by atoms with Crippen LogP contribution in [-0.4, -0.2) is 19.5 Å². The number of benzene rings is 2. The largest absolute Gasteiger partial charge is 0.490 e. The normalized spacial score (nSPS) is 10.3. The molecule has 2 rings (SSSR count). The zero-order chi connectivity index (χ0) is 15.8. The number of aryl methyl sites for hydroxylation is 1. The average molecular weight is 363 g/mol. The van der Waals surface area contributed by atoms with Crippen molar-refractivity contribution >= 4 is 22.2 Å². The topological polar surface area (TPSA) is 35.5 Å². The maximum absolute atomic E-state index is 10.9. The Morgan fingerprint density at radius 1 is 1.14 bits per heavy atom. The lowest BCUT2D eigenvalue weighted by Gasteiger charge is -2.14. The second-order valence-electron chi connectivity index (χ2n) is 4.82. The molecule has 0 aliphatic heterocycles. The minimum Gasteiger partial charge on any atom is -0.490 e. The van der Waals surface area contributed by atoms with Crippen LogP contribution < -0.4 is 9.47 Å². The van der Waals surface area contributed by atoms with Gasteiger partial charge in [0.1, 0.15) is 6.29 Å². The van der Waals surface area contributed by atoms with Gasteiger partial charge in [0, 0.05) is 5.56 Å². The van der Waals surface area contributed by atoms with Crippen LogP contribution in [0.25, 0.3) is 0 Å². The van der Waals surface area contributed by atoms with Crippen molar-refractivity contribution in [1.29, 1.82) is 0 Å². The summed E-state index contributed by atoms with van der Waals surface area (Å²) in [6.45, 7) is 3.02. The monoisotopic (exact) mass is 362 g/mol. The Bertz CT molecular complexity index is 611. The minimum atomic E-state index is 0.523. The van der Waals surface area contributed by atoms with Crippen LogP contribution in [-0.2, 0) is 6.42 Å². The number of hydrogen-bond donors (Lipinski definition) is 0. The number of rotatable bonds is 8. The Kier molecular flexibility index (Phi) is 6.46. The number of ether oxygens (including phenoxy) is 2. The lowest BCUT2D eigenvalue weighted by molar-refractivity contribution is 0.112. The summed E-state index contributed by atoms with van der Waals surface area (Å²) in [4.78, 5) is 10.9. The van der Waals surface area contributed by atoms with Crippen molar-refractivity contribution in [2.75, 3.05) is 13.2 Å². The molecule has 0 aliphatic rings. The summed E-state index contributed by atoms with van der Waals surface area (Å²) in [5.41, 5.74) is 1.86. The molecule has 0 aliphatic carbocycles. The Hall–Kier alpha value is -1.81. The number of hydrogen-bond acceptors (Lipinski definition) is 3. The van der Waals surface area contributed by atoms with Crippen LogP contribution in [0.2, 0.25) is 0 Å². The van der Waals surface area contributed by atoms with E-state index in [1.807, 2.05) is 25.1 Å². The van der Waals surface area contributed by atoms with E-state index in [2.05, 4.69) is 28.1 Å². The van der Waals surface area contributed by atoms with Gasteiger partial charge < -0.3 is 9.47 Å². The van der Waals surface area contributed by atoms with E-state index >= 15 is 0 Å². The first-order valence-electron chi connectivity index (χ1n) is 7.33. The maximum Gasteiger partial charge on any atom is 0.175 e. The fourth-order valence-corrected chi connectivity index (χ4v) is 2.73. The highest BCUT2D eigenvalue weighted by molar-refractivity contribution is 9.10. The number of halogens is 1. The van der Waals surface area contributed by atoms with E-state index in [0.29, 0.717) is 30.3 Å². The fraction of sp³-hybridized carbons (Fsp3) is 0.278. The van der Waals surface area contributed by atoms with Gasteiger partial charge >= 0.3 is 0 Å². The van der Waals surface area contributed by atoms with Gasteiger partial charge in [-0.2, -0.15) is 0 Å². The smallest absolute Gasteiger partial charge is 0.175 e. The van der Waals surface area contributed by atoms with Gasteiger partial charge in [-0.1, -0.05) is 30.3 Å². The third kappa shape index (κ3) is 4.60. The third-order valence-corrected chi connectivity index (χ3v) is 3.76. The highest BCUT2D eigenvalue weighted by Gasteiger charge is 2.12. The maximum atomic E-state index is 10.9. The van der Waals surface area contributed by atoms with E-state index in [9.17, 15) is 4.79 Å². The average Bonchev–Trinajstić information content (AvgIpc) is 2.54. The molecule has 0 amide bonds. The van der Waals surface area contributed by atoms with Crippen molar-refractivity contribution in [3.8, 4) is 11.5 Å². The number of aldehydes is 1. The molecule has 0 radical (unpaired) electrons. The molecule has 0 spiro atoms. The molecular weight excluding hydrogens is 344 g/mol. The summed E-state index contributed by atoms with van der Waals surface area (Å²) in [5, 5.41) is 0. The van der Waals surface area contributed by atoms with Crippen molar-refractivity contribution in [2.45, 2.75) is 19.8 Å². The van der Waals surface area contributed by atoms with Gasteiger partial charge in [-0.05, 0) is 53.4 Å². The predicted molar refractivity (Wildman–Crippen MR) is 91.0 cm³/mol. The minimum absolute atomic E-state index is 0.523. The second-order valence-corrected chi connectivity index (χ2v) is 5.67. The Morgan fingerprint density at radius 3 is 2.59 bits per heavy atom. The molecular formula is C18H19BrO3. The molecule has 4 heteroatoms. The van der Waals surface area contributed by atoms with Crippen LogP contribution in [0, 0.1) is 0 Å². The van der Waals surface area contributed by atoms with E-state index in [4.69, 9.17) is 9.47 Å². The molecule has 0 N–H and O–H groups in total. The number of carbonyl (C=O) groups excluding carboxylic acids is 1. The van der Waals surface area contributed by atoms with Crippen LogP contribution >= 0.6 is 15.9 Å². The molecule has 0 fully saturated rings. The standard InChI is InChI=1S/C18H19BrO3/c1-2-21-17-12-15(13-20)11-16(19)18(17)22-10-6-9-14-7-4-3-5-8-14/h3-5,7-8,11-13H,2,6,9-10H2,1H3. The SMILES string of the molecule is CCOc1cc(C=O)cc(Br)c1OCCCc1ccccc1. The van der Waals surface area contributed by atoms with Crippen LogP contribution in [0.3, 0.4) is 0 Å². The molecule has 0 aromatic heterocycles. The van der Waals surface area contributed by atoms with E-state index in [1.165, 1.54) is 5.56 Å². The van der Waals surface area contributed by atoms with Crippen molar-refractivity contribution in [1.82, 2.24) is 0 Å². The molecule has 2 aromatic carbocycles. The van der Waals surface area contributed by atoms with E-state index in [-0.39, 0.29) is 0 Å². The summed E-state index contributed by atoms with van der Waals surface area (Å²) in [6.07, 6.45) is 2.68. The highest BCUT2D eigenvalue weighted by atomic mass is 79.9. The Balaban J connectivity index is 1.98. The molecule has 0 heterocycles. The summed E-state index contributed by atoms with van der Waals surface area (Å²) < 4.78 is 12.2. The summed E-state index contributed by atoms with van der Waals surface area (Å²) >= 11 is 3.44. The van der Waals surface area contributed by atoms with Crippen LogP contribution in [0.5, 0.6) is 11.5 Å². The van der Waals surface area contributed by atoms with Crippen molar-refractivity contribution in [3.63, 3.8) is 0 Å². The van der Waals surface area contributed by atoms with Crippen LogP contribution in [0.4, 0.5) is 0 Å². The molecule has 0 saturated heterocycles. The first-order valence-corrected chi connectivity index (χ1v) is 8.12. The van der Waals surface area contributed by atoms with Gasteiger partial charge in [0.25, 0.3) is 0 Å². The van der Waals surface area contributed by atoms with E-state index in [0.717, 1.165) is 23.6 Å². The van der Waals surface area contributed by atoms with Gasteiger partial charge in [-0.15, -0.1) is 0 Å². The summed E-state index contributed by atoms with van der Waals surface area (Å²) in [5.74, 6) is 1.25. The van der Waals surface area contributed by atoms with Crippen LogP contribution in [0.15, 0.2) is 46.9 Å². The molecule has 0 atom stereocenters. The quantitative estimate of drug-likeness (QED) is 0.505. The van der Waals surface area contributed by atoms with Crippen molar-refractivity contribution in [2.24, 2.45) is 0 Å². The van der Waals surface area contributed by atoms with Gasteiger partial charge in [0.05, 0.1) is 17.7 Å². The molecule has 0 bridgehead atoms. The van der Waals surface area contributed by atoms with Crippen molar-refractivity contribution < 1.29 is 14.3 Å². The lowest BCUT2D eigenvalue weighted by Crippen LogP contribution is -2.03. The molecule has 0 saturated carbocycles. The Morgan fingerprint density at radius 2 is 1.91 bits per heavy atom. The molecule has 0 unspecified atom stereocenters. The summed E-state index contributed by atoms with van der Waals surface area (Å²) in [6, 6.07) is 13.8. The molecule has 3 nitrogen and oxygen atoms in total. The summed E-state index contributed by atoms with van der Waals surface area (Å²) in [7, 11) is 0. The number of carbonyl (C=O) groups is 1. The molecule has 2 aromatic rings. The zero-order valence-corrected chi connectivity index (χ0v) is 14.1. The molecule has 116 valence electrons. The van der Waals surface area contributed by atoms with E-state index < -0.39 is 0 Å².